The van der Waals surface area contributed by atoms with Crippen molar-refractivity contribution >= 4 is 29.8 Å². The number of carbonyl (C=O) groups excluding carboxylic acids is 1. The highest BCUT2D eigenvalue weighted by Gasteiger charge is 2.36. The molecule has 1 heterocycles. The highest BCUT2D eigenvalue weighted by atomic mass is 35.5. The van der Waals surface area contributed by atoms with Crippen LogP contribution in [0, 0.1) is 5.41 Å². The summed E-state index contributed by atoms with van der Waals surface area (Å²) in [7, 11) is 0. The average molecular weight is 288 g/mol. The Bertz CT molecular complexity index is 397. The summed E-state index contributed by atoms with van der Waals surface area (Å²) in [6.45, 7) is 3.53. The van der Waals surface area contributed by atoms with E-state index in [9.17, 15) is 4.79 Å². The zero-order chi connectivity index (χ0) is 12.3. The number of halogens is 2. The molecule has 100 valence electrons. The van der Waals surface area contributed by atoms with E-state index in [2.05, 4.69) is 5.32 Å². The average Bonchev–Trinajstić information content (AvgIpc) is 2.33. The molecule has 0 spiro atoms. The molecule has 2 rings (SSSR count). The summed E-state index contributed by atoms with van der Waals surface area (Å²) in [5.74, 6) is 0.291. The zero-order valence-corrected chi connectivity index (χ0v) is 12.1. The molecule has 0 amide bonds. The fourth-order valence-electron chi connectivity index (χ4n) is 2.54. The lowest BCUT2D eigenvalue weighted by molar-refractivity contribution is -0.127. The van der Waals surface area contributed by atoms with Crippen LogP contribution in [0.1, 0.15) is 25.3 Å². The van der Waals surface area contributed by atoms with E-state index in [0.29, 0.717) is 5.78 Å². The van der Waals surface area contributed by atoms with Gasteiger partial charge in [-0.3, -0.25) is 4.79 Å². The first-order valence-electron chi connectivity index (χ1n) is 6.09. The van der Waals surface area contributed by atoms with Crippen LogP contribution in [0.25, 0.3) is 0 Å². The van der Waals surface area contributed by atoms with Gasteiger partial charge in [0.05, 0.1) is 0 Å². The Hall–Kier alpha value is -0.570. The molecule has 1 aliphatic heterocycles. The van der Waals surface area contributed by atoms with Crippen molar-refractivity contribution in [2.75, 3.05) is 13.1 Å². The molecule has 0 bridgehead atoms. The molecule has 2 nitrogen and oxygen atoms in total. The van der Waals surface area contributed by atoms with Gasteiger partial charge in [0.2, 0.25) is 0 Å². The molecule has 0 radical (unpaired) electrons. The van der Waals surface area contributed by atoms with Crippen LogP contribution < -0.4 is 5.32 Å². The van der Waals surface area contributed by atoms with Gasteiger partial charge in [0.1, 0.15) is 5.78 Å². The maximum Gasteiger partial charge on any atom is 0.137 e. The molecule has 18 heavy (non-hydrogen) atoms. The maximum atomic E-state index is 11.9. The number of piperidine rings is 1. The third-order valence-electron chi connectivity index (χ3n) is 3.67. The van der Waals surface area contributed by atoms with E-state index in [1.165, 1.54) is 5.56 Å². The van der Waals surface area contributed by atoms with Crippen molar-refractivity contribution in [3.63, 3.8) is 0 Å². The summed E-state index contributed by atoms with van der Waals surface area (Å²) < 4.78 is 0. The van der Waals surface area contributed by atoms with Gasteiger partial charge in [-0.25, -0.2) is 0 Å². The quantitative estimate of drug-likeness (QED) is 0.925. The highest BCUT2D eigenvalue weighted by Crippen LogP contribution is 2.32. The molecule has 1 atom stereocenters. The summed E-state index contributed by atoms with van der Waals surface area (Å²) in [6, 6.07) is 7.81. The van der Waals surface area contributed by atoms with Crippen LogP contribution in [0.5, 0.6) is 0 Å². The van der Waals surface area contributed by atoms with E-state index >= 15 is 0 Å². The second-order valence-corrected chi connectivity index (χ2v) is 5.36. The Labute approximate surface area is 120 Å². The second kappa shape index (κ2) is 6.55. The van der Waals surface area contributed by atoms with Crippen molar-refractivity contribution in [2.24, 2.45) is 5.41 Å². The molecule has 1 saturated heterocycles. The minimum atomic E-state index is -0.216. The first kappa shape index (κ1) is 15.5. The monoisotopic (exact) mass is 287 g/mol. The van der Waals surface area contributed by atoms with Crippen LogP contribution in [0.15, 0.2) is 24.3 Å². The number of hydrogen-bond acceptors (Lipinski definition) is 2. The van der Waals surface area contributed by atoms with Crippen molar-refractivity contribution < 1.29 is 4.79 Å². The largest absolute Gasteiger partial charge is 0.316 e. The standard InChI is InChI=1S/C14H18ClNO.ClH/c1-11(17)14(7-2-8-16-10-14)9-12-3-5-13(15)6-4-12;/h3-6,16H,2,7-10H2,1H3;1H. The van der Waals surface area contributed by atoms with Crippen LogP contribution in [-0.2, 0) is 11.2 Å². The number of Topliss-reactive ketones (excluding diaryl/α,β-unsaturated/α-hetero) is 1. The molecular weight excluding hydrogens is 269 g/mol. The lowest BCUT2D eigenvalue weighted by atomic mass is 9.73. The van der Waals surface area contributed by atoms with Crippen LogP contribution in [0.4, 0.5) is 0 Å². The smallest absolute Gasteiger partial charge is 0.137 e. The summed E-state index contributed by atoms with van der Waals surface area (Å²) in [6.07, 6.45) is 2.87. The molecule has 1 fully saturated rings. The molecule has 1 N–H and O–H groups in total. The number of benzene rings is 1. The van der Waals surface area contributed by atoms with Crippen molar-refractivity contribution in [1.29, 1.82) is 0 Å². The number of rotatable bonds is 3. The number of carbonyl (C=O) groups is 1. The molecule has 1 aromatic carbocycles. The Kier molecular flexibility index (Phi) is 5.64. The first-order chi connectivity index (χ1) is 8.12. The number of nitrogens with one attached hydrogen (secondary N) is 1. The summed E-state index contributed by atoms with van der Waals surface area (Å²) in [4.78, 5) is 11.9. The predicted molar refractivity (Wildman–Crippen MR) is 77.6 cm³/mol. The Morgan fingerprint density at radius 1 is 1.39 bits per heavy atom. The van der Waals surface area contributed by atoms with Gasteiger partial charge < -0.3 is 5.32 Å². The van der Waals surface area contributed by atoms with Gasteiger partial charge in [-0.2, -0.15) is 0 Å². The topological polar surface area (TPSA) is 29.1 Å². The Morgan fingerprint density at radius 3 is 2.56 bits per heavy atom. The van der Waals surface area contributed by atoms with Crippen molar-refractivity contribution in [1.82, 2.24) is 5.32 Å². The van der Waals surface area contributed by atoms with Crippen LogP contribution in [0.2, 0.25) is 5.02 Å². The second-order valence-electron chi connectivity index (χ2n) is 4.92. The molecule has 0 aromatic heterocycles. The lowest BCUT2D eigenvalue weighted by Gasteiger charge is -2.35. The maximum absolute atomic E-state index is 11.9. The van der Waals surface area contributed by atoms with Crippen molar-refractivity contribution in [3.8, 4) is 0 Å². The number of ketones is 1. The normalized spacial score (nSPS) is 23.2. The van der Waals surface area contributed by atoms with Gasteiger partial charge in [0.15, 0.2) is 0 Å². The van der Waals surface area contributed by atoms with Gasteiger partial charge in [-0.15, -0.1) is 12.4 Å². The van der Waals surface area contributed by atoms with Gasteiger partial charge in [-0.1, -0.05) is 23.7 Å². The Morgan fingerprint density at radius 2 is 2.06 bits per heavy atom. The van der Waals surface area contributed by atoms with Crippen LogP contribution in [0.3, 0.4) is 0 Å². The third kappa shape index (κ3) is 3.47. The van der Waals surface area contributed by atoms with E-state index in [-0.39, 0.29) is 17.8 Å². The molecule has 1 aromatic rings. The van der Waals surface area contributed by atoms with Gasteiger partial charge >= 0.3 is 0 Å². The molecule has 0 saturated carbocycles. The SMILES string of the molecule is CC(=O)C1(Cc2ccc(Cl)cc2)CCCNC1.Cl. The van der Waals surface area contributed by atoms with Gasteiger partial charge in [0, 0.05) is 17.0 Å². The minimum Gasteiger partial charge on any atom is -0.316 e. The number of hydrogen-bond donors (Lipinski definition) is 1. The summed E-state index contributed by atoms with van der Waals surface area (Å²) >= 11 is 5.87. The highest BCUT2D eigenvalue weighted by molar-refractivity contribution is 6.30. The fraction of sp³-hybridized carbons (Fsp3) is 0.500. The van der Waals surface area contributed by atoms with E-state index in [1.807, 2.05) is 24.3 Å². The van der Waals surface area contributed by atoms with Gasteiger partial charge in [-0.05, 0) is 50.4 Å². The molecule has 4 heteroatoms. The van der Waals surface area contributed by atoms with E-state index < -0.39 is 0 Å². The van der Waals surface area contributed by atoms with Crippen LogP contribution >= 0.6 is 24.0 Å². The first-order valence-corrected chi connectivity index (χ1v) is 6.46. The zero-order valence-electron chi connectivity index (χ0n) is 10.5. The van der Waals surface area contributed by atoms with E-state index in [0.717, 1.165) is 37.4 Å². The van der Waals surface area contributed by atoms with Crippen molar-refractivity contribution in [3.05, 3.63) is 34.9 Å². The fourth-order valence-corrected chi connectivity index (χ4v) is 2.66. The van der Waals surface area contributed by atoms with Crippen LogP contribution in [-0.4, -0.2) is 18.9 Å². The van der Waals surface area contributed by atoms with E-state index in [4.69, 9.17) is 11.6 Å². The Balaban J connectivity index is 0.00000162. The molecular formula is C14H19Cl2NO. The molecule has 1 unspecified atom stereocenters. The van der Waals surface area contributed by atoms with Crippen molar-refractivity contribution in [2.45, 2.75) is 26.2 Å². The summed E-state index contributed by atoms with van der Waals surface area (Å²) in [5.41, 5.74) is 0.972. The van der Waals surface area contributed by atoms with Gasteiger partial charge in [0.25, 0.3) is 0 Å². The molecule has 0 aliphatic carbocycles. The van der Waals surface area contributed by atoms with E-state index in [1.54, 1.807) is 6.92 Å². The lowest BCUT2D eigenvalue weighted by Crippen LogP contribution is -2.46. The summed E-state index contributed by atoms with van der Waals surface area (Å²) in [5, 5.41) is 4.08. The minimum absolute atomic E-state index is 0. The predicted octanol–water partition coefficient (Wildman–Crippen LogP) is 3.26. The molecule has 1 aliphatic rings. The third-order valence-corrected chi connectivity index (χ3v) is 3.93.